The Morgan fingerprint density at radius 2 is 1.58 bits per heavy atom. The molecule has 2 unspecified atom stereocenters. The first-order valence-corrected chi connectivity index (χ1v) is 13.1. The quantitative estimate of drug-likeness (QED) is 0.383. The number of aromatic nitrogens is 3. The maximum absolute atomic E-state index is 6.00. The Hall–Kier alpha value is -3.95. The number of hydrogen-bond acceptors (Lipinski definition) is 9. The lowest BCUT2D eigenvalue weighted by Crippen LogP contribution is -2.46. The van der Waals surface area contributed by atoms with Crippen molar-refractivity contribution >= 4 is 34.3 Å². The lowest BCUT2D eigenvalue weighted by atomic mass is 10.2. The molecule has 2 atom stereocenters. The molecule has 6 rings (SSSR count). The van der Waals surface area contributed by atoms with Gasteiger partial charge in [-0.3, -0.25) is 0 Å². The van der Waals surface area contributed by atoms with Crippen LogP contribution >= 0.6 is 0 Å². The number of morpholine rings is 2. The summed E-state index contributed by atoms with van der Waals surface area (Å²) in [5.74, 6) is 3.83. The third-order valence-corrected chi connectivity index (χ3v) is 6.63. The van der Waals surface area contributed by atoms with Gasteiger partial charge >= 0.3 is 0 Å². The van der Waals surface area contributed by atoms with Crippen molar-refractivity contribution in [3.8, 4) is 11.5 Å². The van der Waals surface area contributed by atoms with Gasteiger partial charge in [0.25, 0.3) is 0 Å². The van der Waals surface area contributed by atoms with Crippen molar-refractivity contribution in [1.82, 2.24) is 15.0 Å². The molecule has 2 aromatic heterocycles. The molecular weight excluding hydrogens is 480 g/mol. The van der Waals surface area contributed by atoms with Crippen molar-refractivity contribution in [3.05, 3.63) is 66.7 Å². The highest BCUT2D eigenvalue weighted by molar-refractivity contribution is 5.89. The second kappa shape index (κ2) is 10.8. The monoisotopic (exact) mass is 512 g/mol. The van der Waals surface area contributed by atoms with Crippen LogP contribution in [-0.4, -0.2) is 66.6 Å². The topological polar surface area (TPSA) is 84.9 Å². The zero-order valence-corrected chi connectivity index (χ0v) is 21.7. The highest BCUT2D eigenvalue weighted by Crippen LogP contribution is 2.30. The van der Waals surface area contributed by atoms with Gasteiger partial charge in [-0.2, -0.15) is 9.97 Å². The van der Waals surface area contributed by atoms with Crippen LogP contribution in [0.1, 0.15) is 13.8 Å². The highest BCUT2D eigenvalue weighted by Gasteiger charge is 2.26. The number of hydrogen-bond donors (Lipinski definition) is 1. The summed E-state index contributed by atoms with van der Waals surface area (Å²) in [4.78, 5) is 19.3. The van der Waals surface area contributed by atoms with Crippen LogP contribution in [0.2, 0.25) is 0 Å². The van der Waals surface area contributed by atoms with E-state index in [2.05, 4.69) is 29.0 Å². The van der Waals surface area contributed by atoms with Crippen LogP contribution in [0.5, 0.6) is 11.5 Å². The maximum Gasteiger partial charge on any atom is 0.229 e. The Morgan fingerprint density at radius 1 is 0.816 bits per heavy atom. The van der Waals surface area contributed by atoms with E-state index in [0.717, 1.165) is 54.6 Å². The summed E-state index contributed by atoms with van der Waals surface area (Å²) in [6, 6.07) is 21.6. The third kappa shape index (κ3) is 5.49. The van der Waals surface area contributed by atoms with E-state index in [4.69, 9.17) is 29.2 Å². The number of nitrogens with zero attached hydrogens (tertiary/aromatic N) is 5. The van der Waals surface area contributed by atoms with Gasteiger partial charge in [-0.05, 0) is 50.2 Å². The molecule has 0 spiro atoms. The molecule has 2 saturated heterocycles. The number of fused-ring (bicyclic) bond motifs is 1. The Kier molecular flexibility index (Phi) is 6.94. The Bertz CT molecular complexity index is 1390. The third-order valence-electron chi connectivity index (χ3n) is 6.63. The van der Waals surface area contributed by atoms with Gasteiger partial charge in [-0.25, -0.2) is 4.98 Å². The normalized spacial score (nSPS) is 19.9. The first-order chi connectivity index (χ1) is 18.6. The summed E-state index contributed by atoms with van der Waals surface area (Å²) in [7, 11) is 0. The molecule has 38 heavy (non-hydrogen) atoms. The largest absolute Gasteiger partial charge is 0.457 e. The lowest BCUT2D eigenvalue weighted by Gasteiger charge is -2.36. The molecular formula is C29H32N6O3. The molecule has 2 fully saturated rings. The average molecular weight is 513 g/mol. The first-order valence-electron chi connectivity index (χ1n) is 13.1. The van der Waals surface area contributed by atoms with Gasteiger partial charge in [0.15, 0.2) is 5.65 Å². The van der Waals surface area contributed by atoms with Gasteiger partial charge < -0.3 is 29.3 Å². The molecule has 2 aromatic carbocycles. The molecule has 4 aromatic rings. The summed E-state index contributed by atoms with van der Waals surface area (Å²) < 4.78 is 17.5. The van der Waals surface area contributed by atoms with Gasteiger partial charge in [0.05, 0.1) is 30.8 Å². The number of rotatable bonds is 6. The second-order valence-corrected chi connectivity index (χ2v) is 9.74. The molecule has 9 heteroatoms. The number of ether oxygens (including phenoxy) is 3. The number of nitrogens with one attached hydrogen (secondary N) is 1. The van der Waals surface area contributed by atoms with E-state index in [1.165, 1.54) is 0 Å². The van der Waals surface area contributed by atoms with Gasteiger partial charge in [0, 0.05) is 37.9 Å². The van der Waals surface area contributed by atoms with E-state index >= 15 is 0 Å². The Labute approximate surface area is 222 Å². The summed E-state index contributed by atoms with van der Waals surface area (Å²) >= 11 is 0. The molecule has 4 heterocycles. The van der Waals surface area contributed by atoms with Gasteiger partial charge in [0.1, 0.15) is 23.1 Å². The molecule has 0 bridgehead atoms. The highest BCUT2D eigenvalue weighted by atomic mass is 16.5. The molecule has 0 aliphatic carbocycles. The van der Waals surface area contributed by atoms with Crippen LogP contribution < -0.4 is 19.9 Å². The Balaban J connectivity index is 1.32. The minimum atomic E-state index is 0.108. The van der Waals surface area contributed by atoms with Crippen LogP contribution in [0.15, 0.2) is 66.7 Å². The molecule has 0 radical (unpaired) electrons. The smallest absolute Gasteiger partial charge is 0.229 e. The summed E-state index contributed by atoms with van der Waals surface area (Å²) in [5, 5.41) is 4.34. The second-order valence-electron chi connectivity index (χ2n) is 9.74. The van der Waals surface area contributed by atoms with E-state index in [1.54, 1.807) is 0 Å². The first kappa shape index (κ1) is 24.4. The molecule has 2 aliphatic rings. The fourth-order valence-corrected chi connectivity index (χ4v) is 4.96. The van der Waals surface area contributed by atoms with E-state index in [0.29, 0.717) is 30.6 Å². The predicted molar refractivity (Wildman–Crippen MR) is 149 cm³/mol. The van der Waals surface area contributed by atoms with Crippen LogP contribution in [0, 0.1) is 0 Å². The van der Waals surface area contributed by atoms with Crippen molar-refractivity contribution in [2.45, 2.75) is 26.1 Å². The van der Waals surface area contributed by atoms with Crippen molar-refractivity contribution in [1.29, 1.82) is 0 Å². The van der Waals surface area contributed by atoms with Crippen LogP contribution in [0.4, 0.5) is 23.3 Å². The van der Waals surface area contributed by atoms with Crippen LogP contribution in [-0.2, 0) is 9.47 Å². The molecule has 9 nitrogen and oxygen atoms in total. The molecule has 196 valence electrons. The van der Waals surface area contributed by atoms with Crippen molar-refractivity contribution in [2.24, 2.45) is 0 Å². The fourth-order valence-electron chi connectivity index (χ4n) is 4.96. The fraction of sp³-hybridized carbons (Fsp3) is 0.345. The van der Waals surface area contributed by atoms with Gasteiger partial charge in [0.2, 0.25) is 5.95 Å². The minimum Gasteiger partial charge on any atom is -0.457 e. The summed E-state index contributed by atoms with van der Waals surface area (Å²) in [6.07, 6.45) is 0.215. The van der Waals surface area contributed by atoms with Gasteiger partial charge in [-0.15, -0.1) is 0 Å². The number of anilines is 4. The number of para-hydroxylation sites is 1. The average Bonchev–Trinajstić information content (AvgIpc) is 2.93. The molecule has 2 aliphatic heterocycles. The van der Waals surface area contributed by atoms with Gasteiger partial charge in [-0.1, -0.05) is 24.3 Å². The van der Waals surface area contributed by atoms with E-state index < -0.39 is 0 Å². The SMILES string of the molecule is CC1CN(c2nc(N3CCOCC3)c3ccc(Nc4cccc(Oc5ccccc5)c4)nc3n2)CC(C)O1. The molecule has 0 amide bonds. The minimum absolute atomic E-state index is 0.108. The molecule has 0 saturated carbocycles. The van der Waals surface area contributed by atoms with Crippen LogP contribution in [0.25, 0.3) is 11.0 Å². The Morgan fingerprint density at radius 3 is 2.37 bits per heavy atom. The van der Waals surface area contributed by atoms with Crippen molar-refractivity contribution in [3.63, 3.8) is 0 Å². The maximum atomic E-state index is 6.00. The zero-order valence-electron chi connectivity index (χ0n) is 21.7. The van der Waals surface area contributed by atoms with Crippen molar-refractivity contribution < 1.29 is 14.2 Å². The van der Waals surface area contributed by atoms with E-state index in [9.17, 15) is 0 Å². The summed E-state index contributed by atoms with van der Waals surface area (Å²) in [5.41, 5.74) is 1.54. The zero-order chi connectivity index (χ0) is 25.9. The molecule has 1 N–H and O–H groups in total. The number of benzene rings is 2. The predicted octanol–water partition coefficient (Wildman–Crippen LogP) is 5.01. The standard InChI is InChI=1S/C29H32N6O3/c1-20-18-35(19-21(2)37-20)29-32-27-25(28(33-29)34-13-15-36-16-14-34)11-12-26(31-27)30-22-7-6-10-24(17-22)38-23-8-4-3-5-9-23/h3-12,17,20-21H,13-16,18-19H2,1-2H3,(H,30,31,32,33). The van der Waals surface area contributed by atoms with Crippen LogP contribution in [0.3, 0.4) is 0 Å². The number of pyridine rings is 1. The van der Waals surface area contributed by atoms with E-state index in [1.807, 2.05) is 66.7 Å². The van der Waals surface area contributed by atoms with Crippen molar-refractivity contribution in [2.75, 3.05) is 54.5 Å². The summed E-state index contributed by atoms with van der Waals surface area (Å²) in [6.45, 7) is 8.59. The lowest BCUT2D eigenvalue weighted by molar-refractivity contribution is -0.00570. The van der Waals surface area contributed by atoms with E-state index in [-0.39, 0.29) is 12.2 Å².